The molecule has 108 valence electrons. The van der Waals surface area contributed by atoms with Crippen molar-refractivity contribution in [3.05, 3.63) is 23.8 Å². The normalized spacial score (nSPS) is 12.5. The van der Waals surface area contributed by atoms with Gasteiger partial charge in [-0.05, 0) is 24.1 Å². The molecular formula is C13H19F2NO3. The van der Waals surface area contributed by atoms with Crippen LogP contribution in [0.4, 0.5) is 8.78 Å². The van der Waals surface area contributed by atoms with Crippen molar-refractivity contribution < 1.29 is 23.0 Å². The summed E-state index contributed by atoms with van der Waals surface area (Å²) in [5, 5.41) is 0. The van der Waals surface area contributed by atoms with Gasteiger partial charge < -0.3 is 19.9 Å². The minimum Gasteiger partial charge on any atom is -0.493 e. The van der Waals surface area contributed by atoms with Crippen molar-refractivity contribution >= 4 is 0 Å². The Morgan fingerprint density at radius 2 is 1.84 bits per heavy atom. The van der Waals surface area contributed by atoms with Gasteiger partial charge in [-0.3, -0.25) is 0 Å². The first-order valence-electron chi connectivity index (χ1n) is 5.92. The topological polar surface area (TPSA) is 53.7 Å². The first-order chi connectivity index (χ1) is 9.08. The Bertz CT molecular complexity index is 388. The summed E-state index contributed by atoms with van der Waals surface area (Å²) in [4.78, 5) is 0. The lowest BCUT2D eigenvalue weighted by atomic mass is 10.0. The molecule has 0 aliphatic heterocycles. The zero-order valence-corrected chi connectivity index (χ0v) is 11.1. The molecule has 1 atom stereocenters. The van der Waals surface area contributed by atoms with Crippen LogP contribution >= 0.6 is 0 Å². The number of ether oxygens (including phenoxy) is 3. The van der Waals surface area contributed by atoms with E-state index in [-0.39, 0.29) is 12.6 Å². The number of hydrogen-bond acceptors (Lipinski definition) is 4. The van der Waals surface area contributed by atoms with Gasteiger partial charge in [0.25, 0.3) is 6.43 Å². The Morgan fingerprint density at radius 1 is 1.16 bits per heavy atom. The molecule has 1 aromatic rings. The number of halogens is 2. The van der Waals surface area contributed by atoms with Crippen LogP contribution in [0.2, 0.25) is 0 Å². The number of hydrogen-bond donors (Lipinski definition) is 1. The van der Waals surface area contributed by atoms with Gasteiger partial charge in [0.15, 0.2) is 11.5 Å². The summed E-state index contributed by atoms with van der Waals surface area (Å²) in [5.74, 6) is 1.20. The van der Waals surface area contributed by atoms with Crippen LogP contribution in [0.25, 0.3) is 0 Å². The highest BCUT2D eigenvalue weighted by molar-refractivity contribution is 5.43. The third-order valence-electron chi connectivity index (χ3n) is 2.65. The summed E-state index contributed by atoms with van der Waals surface area (Å²) in [7, 11) is 3.09. The van der Waals surface area contributed by atoms with Gasteiger partial charge in [-0.15, -0.1) is 0 Å². The highest BCUT2D eigenvalue weighted by Gasteiger charge is 2.11. The van der Waals surface area contributed by atoms with E-state index in [1.165, 1.54) is 0 Å². The molecule has 0 heterocycles. The van der Waals surface area contributed by atoms with Crippen LogP contribution in [0.3, 0.4) is 0 Å². The summed E-state index contributed by atoms with van der Waals surface area (Å²) >= 11 is 0. The quantitative estimate of drug-likeness (QED) is 0.740. The van der Waals surface area contributed by atoms with E-state index in [1.54, 1.807) is 26.4 Å². The molecule has 0 aromatic heterocycles. The van der Waals surface area contributed by atoms with E-state index in [0.717, 1.165) is 5.56 Å². The molecule has 0 spiro atoms. The van der Waals surface area contributed by atoms with Gasteiger partial charge in [-0.1, -0.05) is 6.07 Å². The second-order valence-corrected chi connectivity index (χ2v) is 3.98. The molecule has 0 amide bonds. The van der Waals surface area contributed by atoms with Crippen molar-refractivity contribution in [3.63, 3.8) is 0 Å². The van der Waals surface area contributed by atoms with Crippen LogP contribution in [-0.2, 0) is 4.74 Å². The van der Waals surface area contributed by atoms with Crippen LogP contribution in [0.15, 0.2) is 18.2 Å². The maximum Gasteiger partial charge on any atom is 0.261 e. The molecule has 0 fully saturated rings. The fourth-order valence-corrected chi connectivity index (χ4v) is 1.63. The zero-order chi connectivity index (χ0) is 14.3. The largest absolute Gasteiger partial charge is 0.493 e. The Hall–Kier alpha value is -1.40. The van der Waals surface area contributed by atoms with E-state index >= 15 is 0 Å². The fraction of sp³-hybridized carbons (Fsp3) is 0.538. The Morgan fingerprint density at radius 3 is 2.42 bits per heavy atom. The molecule has 1 rings (SSSR count). The number of nitrogens with two attached hydrogens (primary N) is 1. The summed E-state index contributed by atoms with van der Waals surface area (Å²) in [6, 6.07) is 5.06. The molecule has 2 N–H and O–H groups in total. The van der Waals surface area contributed by atoms with Crippen LogP contribution < -0.4 is 15.2 Å². The van der Waals surface area contributed by atoms with Crippen LogP contribution in [0.1, 0.15) is 18.0 Å². The second kappa shape index (κ2) is 7.91. The monoisotopic (exact) mass is 275 g/mol. The lowest BCUT2D eigenvalue weighted by Gasteiger charge is -2.15. The number of methoxy groups -OCH3 is 2. The molecule has 1 aromatic carbocycles. The van der Waals surface area contributed by atoms with Gasteiger partial charge in [0, 0.05) is 12.6 Å². The molecule has 19 heavy (non-hydrogen) atoms. The standard InChI is InChI=1S/C13H19F2NO3/c1-17-11-4-3-9(7-12(11)18-2)10(16)5-6-19-8-13(14)15/h3-4,7,10,13H,5-6,8,16H2,1-2H3. The summed E-state index contributed by atoms with van der Waals surface area (Å²) in [6.45, 7) is -0.363. The maximum atomic E-state index is 11.9. The van der Waals surface area contributed by atoms with Crippen molar-refractivity contribution in [2.75, 3.05) is 27.4 Å². The van der Waals surface area contributed by atoms with Crippen molar-refractivity contribution in [2.45, 2.75) is 18.9 Å². The Labute approximate surface area is 111 Å². The molecule has 0 bridgehead atoms. The first-order valence-corrected chi connectivity index (χ1v) is 5.92. The Balaban J connectivity index is 2.54. The van der Waals surface area contributed by atoms with Crippen molar-refractivity contribution in [3.8, 4) is 11.5 Å². The predicted molar refractivity (Wildman–Crippen MR) is 67.9 cm³/mol. The molecule has 6 heteroatoms. The maximum absolute atomic E-state index is 11.9. The second-order valence-electron chi connectivity index (χ2n) is 3.98. The molecule has 0 aliphatic rings. The SMILES string of the molecule is COc1ccc(C(N)CCOCC(F)F)cc1OC. The predicted octanol–water partition coefficient (Wildman–Crippen LogP) is 2.38. The zero-order valence-electron chi connectivity index (χ0n) is 11.1. The van der Waals surface area contributed by atoms with Gasteiger partial charge in [0.1, 0.15) is 6.61 Å². The van der Waals surface area contributed by atoms with E-state index in [1.807, 2.05) is 6.07 Å². The van der Waals surface area contributed by atoms with Crippen LogP contribution in [0, 0.1) is 0 Å². The van der Waals surface area contributed by atoms with Gasteiger partial charge in [-0.2, -0.15) is 0 Å². The number of benzene rings is 1. The van der Waals surface area contributed by atoms with E-state index in [4.69, 9.17) is 19.9 Å². The lowest BCUT2D eigenvalue weighted by molar-refractivity contribution is 0.0152. The van der Waals surface area contributed by atoms with E-state index in [9.17, 15) is 8.78 Å². The third-order valence-corrected chi connectivity index (χ3v) is 2.65. The van der Waals surface area contributed by atoms with Crippen LogP contribution in [-0.4, -0.2) is 33.9 Å². The molecule has 1 unspecified atom stereocenters. The summed E-state index contributed by atoms with van der Waals surface area (Å²) in [6.07, 6.45) is -1.99. The number of alkyl halides is 2. The van der Waals surface area contributed by atoms with Gasteiger partial charge >= 0.3 is 0 Å². The van der Waals surface area contributed by atoms with E-state index in [2.05, 4.69) is 0 Å². The minimum atomic E-state index is -2.45. The fourth-order valence-electron chi connectivity index (χ4n) is 1.63. The average Bonchev–Trinajstić information content (AvgIpc) is 2.42. The van der Waals surface area contributed by atoms with Gasteiger partial charge in [-0.25, -0.2) is 8.78 Å². The van der Waals surface area contributed by atoms with E-state index < -0.39 is 13.0 Å². The molecule has 0 aliphatic carbocycles. The van der Waals surface area contributed by atoms with Crippen molar-refractivity contribution in [1.29, 1.82) is 0 Å². The van der Waals surface area contributed by atoms with Crippen molar-refractivity contribution in [2.24, 2.45) is 5.73 Å². The van der Waals surface area contributed by atoms with Gasteiger partial charge in [0.2, 0.25) is 0 Å². The smallest absolute Gasteiger partial charge is 0.261 e. The van der Waals surface area contributed by atoms with Crippen LogP contribution in [0.5, 0.6) is 11.5 Å². The highest BCUT2D eigenvalue weighted by Crippen LogP contribution is 2.30. The molecule has 0 radical (unpaired) electrons. The first kappa shape index (κ1) is 15.7. The lowest BCUT2D eigenvalue weighted by Crippen LogP contribution is -2.15. The molecule has 4 nitrogen and oxygen atoms in total. The number of rotatable bonds is 8. The summed E-state index contributed by atoms with van der Waals surface area (Å²) in [5.41, 5.74) is 6.81. The molecular weight excluding hydrogens is 256 g/mol. The molecule has 0 saturated heterocycles. The minimum absolute atomic E-state index is 0.194. The van der Waals surface area contributed by atoms with E-state index in [0.29, 0.717) is 17.9 Å². The summed E-state index contributed by atoms with van der Waals surface area (Å²) < 4.78 is 38.9. The highest BCUT2D eigenvalue weighted by atomic mass is 19.3. The van der Waals surface area contributed by atoms with Crippen molar-refractivity contribution in [1.82, 2.24) is 0 Å². The molecule has 0 saturated carbocycles. The average molecular weight is 275 g/mol. The Kier molecular flexibility index (Phi) is 6.52. The van der Waals surface area contributed by atoms with Gasteiger partial charge in [0.05, 0.1) is 14.2 Å². The third kappa shape index (κ3) is 5.00.